The summed E-state index contributed by atoms with van der Waals surface area (Å²) in [5.74, 6) is 0.181. The number of amides is 1. The van der Waals surface area contributed by atoms with Crippen molar-refractivity contribution in [3.05, 3.63) is 41.7 Å². The summed E-state index contributed by atoms with van der Waals surface area (Å²) >= 11 is 0. The Kier molecular flexibility index (Phi) is 3.70. The first-order valence-corrected chi connectivity index (χ1v) is 5.72. The Balaban J connectivity index is 2.18. The minimum Gasteiger partial charge on any atom is -0.507 e. The van der Waals surface area contributed by atoms with Gasteiger partial charge in [0.15, 0.2) is 0 Å². The van der Waals surface area contributed by atoms with E-state index in [-0.39, 0.29) is 17.2 Å². The summed E-state index contributed by atoms with van der Waals surface area (Å²) in [6.45, 7) is 0.409. The van der Waals surface area contributed by atoms with Gasteiger partial charge in [0.1, 0.15) is 11.5 Å². The number of nitrogens with zero attached hydrogens (tertiary/aromatic N) is 2. The van der Waals surface area contributed by atoms with E-state index in [2.05, 4.69) is 10.2 Å². The molecule has 6 heteroatoms. The van der Waals surface area contributed by atoms with E-state index in [0.29, 0.717) is 12.3 Å². The van der Waals surface area contributed by atoms with Crippen molar-refractivity contribution in [3.8, 4) is 11.5 Å². The molecule has 0 aliphatic heterocycles. The minimum atomic E-state index is -0.280. The van der Waals surface area contributed by atoms with Gasteiger partial charge in [0.2, 0.25) is 0 Å². The second-order valence-corrected chi connectivity index (χ2v) is 4.15. The molecule has 0 unspecified atom stereocenters. The number of methoxy groups -OCH3 is 1. The summed E-state index contributed by atoms with van der Waals surface area (Å²) in [6.07, 6.45) is 3.37. The van der Waals surface area contributed by atoms with E-state index >= 15 is 0 Å². The minimum absolute atomic E-state index is 0.0650. The van der Waals surface area contributed by atoms with Gasteiger partial charge in [-0.25, -0.2) is 0 Å². The number of aromatic hydroxyl groups is 1. The third-order valence-corrected chi connectivity index (χ3v) is 2.76. The number of ether oxygens (including phenoxy) is 1. The Bertz CT molecular complexity index is 567. The number of nitrogens with one attached hydrogen (secondary N) is 1. The number of hydrogen-bond donors (Lipinski definition) is 2. The van der Waals surface area contributed by atoms with Crippen LogP contribution in [0.15, 0.2) is 30.6 Å². The van der Waals surface area contributed by atoms with Gasteiger partial charge in [-0.2, -0.15) is 5.10 Å². The molecule has 6 nitrogen and oxygen atoms in total. The monoisotopic (exact) mass is 261 g/mol. The van der Waals surface area contributed by atoms with Gasteiger partial charge in [-0.3, -0.25) is 9.89 Å². The van der Waals surface area contributed by atoms with E-state index in [4.69, 9.17) is 4.74 Å². The van der Waals surface area contributed by atoms with Crippen molar-refractivity contribution < 1.29 is 14.6 Å². The number of carbonyl (C=O) groups is 1. The smallest absolute Gasteiger partial charge is 0.257 e. The van der Waals surface area contributed by atoms with Gasteiger partial charge in [0.25, 0.3) is 5.91 Å². The van der Waals surface area contributed by atoms with Crippen molar-refractivity contribution in [2.75, 3.05) is 14.2 Å². The van der Waals surface area contributed by atoms with Crippen molar-refractivity contribution in [2.45, 2.75) is 6.54 Å². The third kappa shape index (κ3) is 2.85. The van der Waals surface area contributed by atoms with E-state index in [1.54, 1.807) is 25.5 Å². The van der Waals surface area contributed by atoms with Crippen molar-refractivity contribution >= 4 is 5.91 Å². The first-order valence-electron chi connectivity index (χ1n) is 5.72. The molecule has 1 amide bonds. The van der Waals surface area contributed by atoms with Crippen LogP contribution in [0.3, 0.4) is 0 Å². The summed E-state index contributed by atoms with van der Waals surface area (Å²) in [6, 6.07) is 4.56. The summed E-state index contributed by atoms with van der Waals surface area (Å²) in [7, 11) is 3.17. The highest BCUT2D eigenvalue weighted by molar-refractivity contribution is 5.97. The molecule has 1 aromatic heterocycles. The van der Waals surface area contributed by atoms with Crippen LogP contribution >= 0.6 is 0 Å². The fourth-order valence-corrected chi connectivity index (χ4v) is 1.73. The maximum Gasteiger partial charge on any atom is 0.257 e. The fourth-order valence-electron chi connectivity index (χ4n) is 1.73. The van der Waals surface area contributed by atoms with Crippen LogP contribution in [0.2, 0.25) is 0 Å². The van der Waals surface area contributed by atoms with Crippen LogP contribution in [0.4, 0.5) is 0 Å². The molecule has 0 atom stereocenters. The number of carbonyl (C=O) groups excluding carboxylic acids is 1. The molecular weight excluding hydrogens is 246 g/mol. The van der Waals surface area contributed by atoms with Crippen molar-refractivity contribution in [1.82, 2.24) is 15.1 Å². The van der Waals surface area contributed by atoms with Crippen LogP contribution in [-0.2, 0) is 6.54 Å². The average molecular weight is 261 g/mol. The summed E-state index contributed by atoms with van der Waals surface area (Å²) in [5.41, 5.74) is 1.10. The molecule has 0 aliphatic rings. The molecule has 0 spiro atoms. The molecule has 1 aromatic carbocycles. The lowest BCUT2D eigenvalue weighted by Crippen LogP contribution is -2.26. The zero-order valence-corrected chi connectivity index (χ0v) is 10.8. The van der Waals surface area contributed by atoms with Crippen molar-refractivity contribution in [2.24, 2.45) is 0 Å². The number of hydrogen-bond acceptors (Lipinski definition) is 4. The standard InChI is InChI=1S/C13H15N3O3/c1-16(8-9-6-14-15-7-9)13(18)11-5-10(19-2)3-4-12(11)17/h3-7,17H,8H2,1-2H3,(H,14,15). The number of phenolic OH excluding ortho intramolecular Hbond substituents is 1. The molecule has 0 fully saturated rings. The number of rotatable bonds is 4. The van der Waals surface area contributed by atoms with E-state index in [1.807, 2.05) is 0 Å². The van der Waals surface area contributed by atoms with E-state index < -0.39 is 0 Å². The zero-order chi connectivity index (χ0) is 13.8. The Morgan fingerprint density at radius 2 is 2.32 bits per heavy atom. The summed E-state index contributed by atoms with van der Waals surface area (Å²) in [5, 5.41) is 16.3. The van der Waals surface area contributed by atoms with Crippen LogP contribution in [0.1, 0.15) is 15.9 Å². The number of H-pyrrole nitrogens is 1. The second-order valence-electron chi connectivity index (χ2n) is 4.15. The lowest BCUT2D eigenvalue weighted by atomic mass is 10.1. The molecule has 0 aliphatic carbocycles. The molecule has 1 heterocycles. The molecule has 100 valence electrons. The van der Waals surface area contributed by atoms with E-state index in [1.165, 1.54) is 24.1 Å². The largest absolute Gasteiger partial charge is 0.507 e. The van der Waals surface area contributed by atoms with Gasteiger partial charge >= 0.3 is 0 Å². The Morgan fingerprint density at radius 3 is 2.95 bits per heavy atom. The van der Waals surface area contributed by atoms with Gasteiger partial charge in [0, 0.05) is 25.4 Å². The van der Waals surface area contributed by atoms with Crippen LogP contribution in [0.25, 0.3) is 0 Å². The van der Waals surface area contributed by atoms with E-state index in [0.717, 1.165) is 5.56 Å². The Morgan fingerprint density at radius 1 is 1.53 bits per heavy atom. The highest BCUT2D eigenvalue weighted by atomic mass is 16.5. The predicted octanol–water partition coefficient (Wildman–Crippen LogP) is 1.40. The van der Waals surface area contributed by atoms with Gasteiger partial charge in [-0.15, -0.1) is 0 Å². The number of phenols is 1. The highest BCUT2D eigenvalue weighted by Gasteiger charge is 2.17. The van der Waals surface area contributed by atoms with Crippen molar-refractivity contribution in [3.63, 3.8) is 0 Å². The maximum absolute atomic E-state index is 12.2. The van der Waals surface area contributed by atoms with Gasteiger partial charge in [-0.1, -0.05) is 0 Å². The average Bonchev–Trinajstić information content (AvgIpc) is 2.91. The molecule has 2 aromatic rings. The zero-order valence-electron chi connectivity index (χ0n) is 10.8. The van der Waals surface area contributed by atoms with E-state index in [9.17, 15) is 9.90 Å². The fraction of sp³-hybridized carbons (Fsp3) is 0.231. The first-order chi connectivity index (χ1) is 9.11. The lowest BCUT2D eigenvalue weighted by Gasteiger charge is -2.17. The Hall–Kier alpha value is -2.50. The molecule has 0 saturated carbocycles. The summed E-state index contributed by atoms with van der Waals surface area (Å²) in [4.78, 5) is 13.7. The maximum atomic E-state index is 12.2. The van der Waals surface area contributed by atoms with Crippen LogP contribution in [0, 0.1) is 0 Å². The quantitative estimate of drug-likeness (QED) is 0.872. The molecule has 0 radical (unpaired) electrons. The van der Waals surface area contributed by atoms with Gasteiger partial charge in [0.05, 0.1) is 18.9 Å². The van der Waals surface area contributed by atoms with Crippen molar-refractivity contribution in [1.29, 1.82) is 0 Å². The number of aromatic amines is 1. The number of aromatic nitrogens is 2. The van der Waals surface area contributed by atoms with Gasteiger partial charge < -0.3 is 14.7 Å². The van der Waals surface area contributed by atoms with Crippen LogP contribution in [0.5, 0.6) is 11.5 Å². The summed E-state index contributed by atoms with van der Waals surface area (Å²) < 4.78 is 5.05. The number of benzene rings is 1. The molecule has 0 bridgehead atoms. The van der Waals surface area contributed by atoms with Crippen LogP contribution < -0.4 is 4.74 Å². The molecular formula is C13H15N3O3. The lowest BCUT2D eigenvalue weighted by molar-refractivity contribution is 0.0781. The Labute approximate surface area is 110 Å². The molecule has 2 rings (SSSR count). The van der Waals surface area contributed by atoms with Crippen LogP contribution in [-0.4, -0.2) is 40.3 Å². The highest BCUT2D eigenvalue weighted by Crippen LogP contribution is 2.24. The molecule has 2 N–H and O–H groups in total. The topological polar surface area (TPSA) is 78.5 Å². The third-order valence-electron chi connectivity index (χ3n) is 2.76. The predicted molar refractivity (Wildman–Crippen MR) is 69.0 cm³/mol. The first kappa shape index (κ1) is 12.9. The molecule has 19 heavy (non-hydrogen) atoms. The van der Waals surface area contributed by atoms with Gasteiger partial charge in [-0.05, 0) is 18.2 Å². The normalized spacial score (nSPS) is 10.2. The molecule has 0 saturated heterocycles. The second kappa shape index (κ2) is 5.43. The SMILES string of the molecule is COc1ccc(O)c(C(=O)N(C)Cc2cn[nH]c2)c1.